The standard InChI is InChI=1S/C21H27N3O3/c1-27-20-13-17(7-8-19(20)25)14-23-21(26)24(18-5-3-2-4-6-18)15-16-9-11-22-12-10-16/h7-13,18,25H,2-6,14-15H2,1H3,(H,23,26). The predicted octanol–water partition coefficient (Wildman–Crippen LogP) is 3.84. The third-order valence-corrected chi connectivity index (χ3v) is 5.07. The van der Waals surface area contributed by atoms with Crippen LogP contribution >= 0.6 is 0 Å². The van der Waals surface area contributed by atoms with E-state index >= 15 is 0 Å². The lowest BCUT2D eigenvalue weighted by molar-refractivity contribution is 0.150. The van der Waals surface area contributed by atoms with Crippen LogP contribution in [0.3, 0.4) is 0 Å². The molecule has 0 spiro atoms. The number of aromatic nitrogens is 1. The first-order chi connectivity index (χ1) is 13.2. The molecule has 0 bridgehead atoms. The van der Waals surface area contributed by atoms with Crippen molar-refractivity contribution in [3.63, 3.8) is 0 Å². The van der Waals surface area contributed by atoms with E-state index in [0.29, 0.717) is 18.8 Å². The van der Waals surface area contributed by atoms with E-state index in [1.165, 1.54) is 26.4 Å². The number of aromatic hydroxyl groups is 1. The van der Waals surface area contributed by atoms with E-state index in [4.69, 9.17) is 4.74 Å². The third-order valence-electron chi connectivity index (χ3n) is 5.07. The molecule has 1 saturated carbocycles. The Bertz CT molecular complexity index is 746. The van der Waals surface area contributed by atoms with Crippen LogP contribution < -0.4 is 10.1 Å². The number of nitrogens with one attached hydrogen (secondary N) is 1. The summed E-state index contributed by atoms with van der Waals surface area (Å²) >= 11 is 0. The Hall–Kier alpha value is -2.76. The lowest BCUT2D eigenvalue weighted by atomic mass is 9.94. The summed E-state index contributed by atoms with van der Waals surface area (Å²) in [5.74, 6) is 0.497. The Balaban J connectivity index is 1.68. The van der Waals surface area contributed by atoms with E-state index in [1.54, 1.807) is 30.6 Å². The molecule has 2 N–H and O–H groups in total. The van der Waals surface area contributed by atoms with Crippen LogP contribution in [0.15, 0.2) is 42.7 Å². The molecule has 1 aromatic heterocycles. The highest BCUT2D eigenvalue weighted by atomic mass is 16.5. The fourth-order valence-corrected chi connectivity index (χ4v) is 3.56. The second kappa shape index (κ2) is 9.26. The zero-order valence-corrected chi connectivity index (χ0v) is 15.7. The van der Waals surface area contributed by atoms with E-state index in [-0.39, 0.29) is 17.8 Å². The molecule has 0 radical (unpaired) electrons. The molecule has 1 aliphatic rings. The van der Waals surface area contributed by atoms with Crippen molar-refractivity contribution >= 4 is 6.03 Å². The van der Waals surface area contributed by atoms with Gasteiger partial charge in [0.1, 0.15) is 0 Å². The van der Waals surface area contributed by atoms with Gasteiger partial charge in [-0.2, -0.15) is 0 Å². The number of nitrogens with zero attached hydrogens (tertiary/aromatic N) is 2. The first-order valence-corrected chi connectivity index (χ1v) is 9.46. The molecule has 2 amide bonds. The van der Waals surface area contributed by atoms with Gasteiger partial charge in [0.05, 0.1) is 7.11 Å². The van der Waals surface area contributed by atoms with Gasteiger partial charge in [0, 0.05) is 31.5 Å². The average molecular weight is 369 g/mol. The van der Waals surface area contributed by atoms with Gasteiger partial charge >= 0.3 is 6.03 Å². The summed E-state index contributed by atoms with van der Waals surface area (Å²) in [5.41, 5.74) is 1.96. The first kappa shape index (κ1) is 19.0. The number of methoxy groups -OCH3 is 1. The van der Waals surface area contributed by atoms with E-state index in [0.717, 1.165) is 24.0 Å². The number of amides is 2. The zero-order valence-electron chi connectivity index (χ0n) is 15.7. The molecule has 144 valence electrons. The Kier molecular flexibility index (Phi) is 6.52. The van der Waals surface area contributed by atoms with Gasteiger partial charge in [-0.25, -0.2) is 4.79 Å². The second-order valence-electron chi connectivity index (χ2n) is 6.94. The molecular formula is C21H27N3O3. The minimum absolute atomic E-state index is 0.0641. The molecule has 1 aromatic carbocycles. The van der Waals surface area contributed by atoms with E-state index < -0.39 is 0 Å². The summed E-state index contributed by atoms with van der Waals surface area (Å²) in [6.45, 7) is 0.965. The fraction of sp³-hybridized carbons (Fsp3) is 0.429. The molecule has 1 fully saturated rings. The number of phenols is 1. The van der Waals surface area contributed by atoms with Crippen molar-refractivity contribution < 1.29 is 14.6 Å². The SMILES string of the molecule is COc1cc(CNC(=O)N(Cc2ccncc2)C2CCCCC2)ccc1O. The second-order valence-corrected chi connectivity index (χ2v) is 6.94. The Morgan fingerprint density at radius 3 is 2.63 bits per heavy atom. The minimum atomic E-state index is -0.0641. The minimum Gasteiger partial charge on any atom is -0.504 e. The van der Waals surface area contributed by atoms with Crippen LogP contribution in [0, 0.1) is 0 Å². The van der Waals surface area contributed by atoms with Gasteiger partial charge < -0.3 is 20.1 Å². The van der Waals surface area contributed by atoms with Crippen LogP contribution in [0.5, 0.6) is 11.5 Å². The number of rotatable bonds is 6. The largest absolute Gasteiger partial charge is 0.504 e. The quantitative estimate of drug-likeness (QED) is 0.811. The highest BCUT2D eigenvalue weighted by Crippen LogP contribution is 2.27. The van der Waals surface area contributed by atoms with Crippen molar-refractivity contribution in [3.05, 3.63) is 53.9 Å². The number of phenolic OH excluding ortho intramolecular Hbond substituents is 1. The fourth-order valence-electron chi connectivity index (χ4n) is 3.56. The normalized spacial score (nSPS) is 14.6. The molecule has 0 saturated heterocycles. The van der Waals surface area contributed by atoms with Crippen LogP contribution in [0.25, 0.3) is 0 Å². The van der Waals surface area contributed by atoms with Crippen molar-refractivity contribution in [2.75, 3.05) is 7.11 Å². The first-order valence-electron chi connectivity index (χ1n) is 9.46. The van der Waals surface area contributed by atoms with E-state index in [9.17, 15) is 9.90 Å². The van der Waals surface area contributed by atoms with Crippen LogP contribution in [-0.4, -0.2) is 34.2 Å². The molecule has 1 aliphatic carbocycles. The van der Waals surface area contributed by atoms with E-state index in [1.807, 2.05) is 17.0 Å². The van der Waals surface area contributed by atoms with Crippen molar-refractivity contribution in [2.24, 2.45) is 0 Å². The van der Waals surface area contributed by atoms with Gasteiger partial charge in [-0.15, -0.1) is 0 Å². The molecule has 0 atom stereocenters. The maximum absolute atomic E-state index is 13.0. The lowest BCUT2D eigenvalue weighted by Gasteiger charge is -2.34. The van der Waals surface area contributed by atoms with Crippen molar-refractivity contribution in [2.45, 2.75) is 51.2 Å². The summed E-state index contributed by atoms with van der Waals surface area (Å²) in [4.78, 5) is 19.0. The van der Waals surface area contributed by atoms with Crippen molar-refractivity contribution in [1.82, 2.24) is 15.2 Å². The average Bonchev–Trinajstić information content (AvgIpc) is 2.72. The summed E-state index contributed by atoms with van der Waals surface area (Å²) in [6.07, 6.45) is 9.19. The van der Waals surface area contributed by atoms with Gasteiger partial charge in [0.2, 0.25) is 0 Å². The number of hydrogen-bond donors (Lipinski definition) is 2. The van der Waals surface area contributed by atoms with Crippen LogP contribution in [0.4, 0.5) is 4.79 Å². The Morgan fingerprint density at radius 1 is 1.19 bits per heavy atom. The predicted molar refractivity (Wildman–Crippen MR) is 104 cm³/mol. The topological polar surface area (TPSA) is 74.7 Å². The molecule has 3 rings (SSSR count). The summed E-state index contributed by atoms with van der Waals surface area (Å²) in [5, 5.41) is 12.7. The van der Waals surface area contributed by atoms with Gasteiger partial charge in [-0.05, 0) is 48.2 Å². The smallest absolute Gasteiger partial charge is 0.318 e. The molecule has 2 aromatic rings. The molecular weight excluding hydrogens is 342 g/mol. The molecule has 0 aliphatic heterocycles. The number of carbonyl (C=O) groups excluding carboxylic acids is 1. The van der Waals surface area contributed by atoms with Crippen LogP contribution in [-0.2, 0) is 13.1 Å². The number of pyridine rings is 1. The van der Waals surface area contributed by atoms with Gasteiger partial charge in [0.25, 0.3) is 0 Å². The highest BCUT2D eigenvalue weighted by molar-refractivity contribution is 5.74. The summed E-state index contributed by atoms with van der Waals surface area (Å²) < 4.78 is 5.14. The number of hydrogen-bond acceptors (Lipinski definition) is 4. The highest BCUT2D eigenvalue weighted by Gasteiger charge is 2.25. The van der Waals surface area contributed by atoms with Crippen molar-refractivity contribution in [3.8, 4) is 11.5 Å². The van der Waals surface area contributed by atoms with Gasteiger partial charge in [-0.3, -0.25) is 4.98 Å². The van der Waals surface area contributed by atoms with Crippen LogP contribution in [0.1, 0.15) is 43.2 Å². The number of ether oxygens (including phenoxy) is 1. The number of carbonyl (C=O) groups is 1. The summed E-state index contributed by atoms with van der Waals surface area (Å²) in [7, 11) is 1.51. The zero-order chi connectivity index (χ0) is 19.1. The maximum Gasteiger partial charge on any atom is 0.318 e. The molecule has 0 unspecified atom stereocenters. The number of urea groups is 1. The van der Waals surface area contributed by atoms with Crippen LogP contribution in [0.2, 0.25) is 0 Å². The van der Waals surface area contributed by atoms with Gasteiger partial charge in [0.15, 0.2) is 11.5 Å². The Morgan fingerprint density at radius 2 is 1.93 bits per heavy atom. The van der Waals surface area contributed by atoms with Crippen molar-refractivity contribution in [1.29, 1.82) is 0 Å². The van der Waals surface area contributed by atoms with Gasteiger partial charge in [-0.1, -0.05) is 25.3 Å². The molecule has 6 nitrogen and oxygen atoms in total. The Labute approximate surface area is 160 Å². The number of benzene rings is 1. The molecule has 27 heavy (non-hydrogen) atoms. The van der Waals surface area contributed by atoms with E-state index in [2.05, 4.69) is 10.3 Å². The molecule has 6 heteroatoms. The third kappa shape index (κ3) is 5.12. The lowest BCUT2D eigenvalue weighted by Crippen LogP contribution is -2.46. The monoisotopic (exact) mass is 369 g/mol. The molecule has 1 heterocycles. The summed E-state index contributed by atoms with van der Waals surface area (Å²) in [6, 6.07) is 9.21. The maximum atomic E-state index is 13.0.